The molecule has 0 radical (unpaired) electrons. The van der Waals surface area contributed by atoms with Gasteiger partial charge < -0.3 is 11.1 Å². The summed E-state index contributed by atoms with van der Waals surface area (Å²) in [5, 5.41) is 2.80. The summed E-state index contributed by atoms with van der Waals surface area (Å²) in [4.78, 5) is 15.4. The number of carbonyl (C=O) groups is 1. The van der Waals surface area contributed by atoms with Crippen molar-refractivity contribution in [3.63, 3.8) is 0 Å². The smallest absolute Gasteiger partial charge is 0.256 e. The Morgan fingerprint density at radius 2 is 2.11 bits per heavy atom. The number of rotatable bonds is 2. The minimum absolute atomic E-state index is 0.124. The van der Waals surface area contributed by atoms with Crippen molar-refractivity contribution in [2.45, 2.75) is 0 Å². The van der Waals surface area contributed by atoms with Crippen LogP contribution in [0.15, 0.2) is 36.4 Å². The summed E-state index contributed by atoms with van der Waals surface area (Å²) in [6, 6.07) is 8.58. The monoisotopic (exact) mass is 265 g/mol. The number of benzene rings is 1. The van der Waals surface area contributed by atoms with Gasteiger partial charge in [0.1, 0.15) is 5.82 Å². The summed E-state index contributed by atoms with van der Waals surface area (Å²) < 4.78 is 12.8. The molecule has 0 aliphatic rings. The minimum Gasteiger partial charge on any atom is -0.399 e. The molecule has 2 rings (SSSR count). The van der Waals surface area contributed by atoms with Crippen molar-refractivity contribution in [2.75, 3.05) is 11.1 Å². The first-order chi connectivity index (χ1) is 8.54. The summed E-state index contributed by atoms with van der Waals surface area (Å²) in [6.07, 6.45) is 0. The van der Waals surface area contributed by atoms with Crippen LogP contribution in [0.5, 0.6) is 0 Å². The number of nitrogen functional groups attached to an aromatic ring is 1. The molecule has 1 amide bonds. The molecule has 4 nitrogen and oxygen atoms in total. The van der Waals surface area contributed by atoms with Crippen LogP contribution in [0.4, 0.5) is 15.9 Å². The second-order valence-corrected chi connectivity index (χ2v) is 4.01. The van der Waals surface area contributed by atoms with Gasteiger partial charge in [0, 0.05) is 16.3 Å². The number of amides is 1. The maximum absolute atomic E-state index is 12.8. The first kappa shape index (κ1) is 12.3. The maximum Gasteiger partial charge on any atom is 0.256 e. The highest BCUT2D eigenvalue weighted by Crippen LogP contribution is 2.17. The Hall–Kier alpha value is -2.14. The Morgan fingerprint density at radius 3 is 2.78 bits per heavy atom. The summed E-state index contributed by atoms with van der Waals surface area (Å²) >= 11 is 5.79. The number of halogens is 2. The van der Waals surface area contributed by atoms with Crippen LogP contribution in [0.2, 0.25) is 5.02 Å². The topological polar surface area (TPSA) is 68.0 Å². The SMILES string of the molecule is Nc1cc(Cl)cc(C(=O)Nc2cccc(F)n2)c1. The van der Waals surface area contributed by atoms with E-state index in [1.807, 2.05) is 0 Å². The molecule has 1 heterocycles. The normalized spacial score (nSPS) is 10.1. The third-order valence-corrected chi connectivity index (χ3v) is 2.36. The van der Waals surface area contributed by atoms with E-state index in [1.54, 1.807) is 0 Å². The van der Waals surface area contributed by atoms with E-state index < -0.39 is 11.9 Å². The number of hydrogen-bond acceptors (Lipinski definition) is 3. The van der Waals surface area contributed by atoms with Crippen LogP contribution < -0.4 is 11.1 Å². The predicted octanol–water partition coefficient (Wildman–Crippen LogP) is 2.71. The summed E-state index contributed by atoms with van der Waals surface area (Å²) in [6.45, 7) is 0. The van der Waals surface area contributed by atoms with E-state index >= 15 is 0 Å². The Balaban J connectivity index is 2.22. The van der Waals surface area contributed by atoms with Gasteiger partial charge in [-0.3, -0.25) is 4.79 Å². The van der Waals surface area contributed by atoms with Crippen molar-refractivity contribution < 1.29 is 9.18 Å². The molecule has 3 N–H and O–H groups in total. The Bertz CT molecular complexity index is 583. The number of pyridine rings is 1. The van der Waals surface area contributed by atoms with Crippen molar-refractivity contribution >= 4 is 29.0 Å². The fourth-order valence-corrected chi connectivity index (χ4v) is 1.65. The van der Waals surface area contributed by atoms with Crippen molar-refractivity contribution in [1.82, 2.24) is 4.98 Å². The van der Waals surface area contributed by atoms with Crippen LogP contribution in [0.1, 0.15) is 10.4 Å². The number of carbonyl (C=O) groups excluding carboxylic acids is 1. The second kappa shape index (κ2) is 5.01. The number of nitrogens with one attached hydrogen (secondary N) is 1. The summed E-state index contributed by atoms with van der Waals surface area (Å²) in [7, 11) is 0. The van der Waals surface area contributed by atoms with Gasteiger partial charge in [-0.15, -0.1) is 0 Å². The van der Waals surface area contributed by atoms with E-state index in [-0.39, 0.29) is 11.4 Å². The molecule has 0 bridgehead atoms. The molecule has 0 saturated carbocycles. The van der Waals surface area contributed by atoms with E-state index in [4.69, 9.17) is 17.3 Å². The number of hydrogen-bond donors (Lipinski definition) is 2. The highest BCUT2D eigenvalue weighted by atomic mass is 35.5. The zero-order valence-electron chi connectivity index (χ0n) is 9.15. The standard InChI is InChI=1S/C12H9ClFN3O/c13-8-4-7(5-9(15)6-8)12(18)17-11-3-1-2-10(14)16-11/h1-6H,15H2,(H,16,17,18). The lowest BCUT2D eigenvalue weighted by atomic mass is 10.2. The van der Waals surface area contributed by atoms with Gasteiger partial charge in [-0.05, 0) is 30.3 Å². The quantitative estimate of drug-likeness (QED) is 0.648. The lowest BCUT2D eigenvalue weighted by Gasteiger charge is -2.05. The third-order valence-electron chi connectivity index (χ3n) is 2.14. The average molecular weight is 266 g/mol. The average Bonchev–Trinajstić information content (AvgIpc) is 2.27. The van der Waals surface area contributed by atoms with E-state index in [1.165, 1.54) is 36.4 Å². The molecule has 0 atom stereocenters. The van der Waals surface area contributed by atoms with Gasteiger partial charge in [0.15, 0.2) is 0 Å². The molecule has 0 unspecified atom stereocenters. The fraction of sp³-hybridized carbons (Fsp3) is 0. The van der Waals surface area contributed by atoms with E-state index in [0.29, 0.717) is 10.7 Å². The maximum atomic E-state index is 12.8. The van der Waals surface area contributed by atoms with Crippen LogP contribution in [-0.4, -0.2) is 10.9 Å². The molecule has 0 aliphatic heterocycles. The molecule has 2 aromatic rings. The molecule has 0 spiro atoms. The van der Waals surface area contributed by atoms with E-state index in [2.05, 4.69) is 10.3 Å². The molecular formula is C12H9ClFN3O. The second-order valence-electron chi connectivity index (χ2n) is 3.57. The molecule has 1 aromatic heterocycles. The van der Waals surface area contributed by atoms with Crippen LogP contribution in [0.3, 0.4) is 0 Å². The van der Waals surface area contributed by atoms with Gasteiger partial charge in [0.05, 0.1) is 0 Å². The number of aromatic nitrogens is 1. The molecular weight excluding hydrogens is 257 g/mol. The van der Waals surface area contributed by atoms with Crippen molar-refractivity contribution in [1.29, 1.82) is 0 Å². The van der Waals surface area contributed by atoms with Gasteiger partial charge >= 0.3 is 0 Å². The van der Waals surface area contributed by atoms with Crippen LogP contribution in [0, 0.1) is 5.95 Å². The predicted molar refractivity (Wildman–Crippen MR) is 68.0 cm³/mol. The molecule has 0 fully saturated rings. The molecule has 0 saturated heterocycles. The van der Waals surface area contributed by atoms with E-state index in [9.17, 15) is 9.18 Å². The number of nitrogens with two attached hydrogens (primary N) is 1. The zero-order valence-corrected chi connectivity index (χ0v) is 9.91. The Labute approximate surface area is 108 Å². The first-order valence-corrected chi connectivity index (χ1v) is 5.42. The largest absolute Gasteiger partial charge is 0.399 e. The summed E-state index contributed by atoms with van der Waals surface area (Å²) in [5.74, 6) is -1.00. The molecule has 18 heavy (non-hydrogen) atoms. The number of nitrogens with zero attached hydrogens (tertiary/aromatic N) is 1. The zero-order chi connectivity index (χ0) is 13.1. The fourth-order valence-electron chi connectivity index (χ4n) is 1.41. The van der Waals surface area contributed by atoms with Gasteiger partial charge in [-0.2, -0.15) is 4.39 Å². The minimum atomic E-state index is -0.668. The van der Waals surface area contributed by atoms with Crippen molar-refractivity contribution in [3.8, 4) is 0 Å². The molecule has 92 valence electrons. The molecule has 0 aliphatic carbocycles. The Kier molecular flexibility index (Phi) is 3.43. The lowest BCUT2D eigenvalue weighted by molar-refractivity contribution is 0.102. The number of anilines is 2. The molecule has 1 aromatic carbocycles. The highest BCUT2D eigenvalue weighted by Gasteiger charge is 2.09. The first-order valence-electron chi connectivity index (χ1n) is 5.04. The van der Waals surface area contributed by atoms with Crippen LogP contribution >= 0.6 is 11.6 Å². The van der Waals surface area contributed by atoms with Crippen LogP contribution in [0.25, 0.3) is 0 Å². The van der Waals surface area contributed by atoms with E-state index in [0.717, 1.165) is 0 Å². The van der Waals surface area contributed by atoms with Crippen molar-refractivity contribution in [3.05, 3.63) is 52.9 Å². The highest BCUT2D eigenvalue weighted by molar-refractivity contribution is 6.31. The third kappa shape index (κ3) is 2.95. The summed E-state index contributed by atoms with van der Waals surface area (Å²) in [5.41, 5.74) is 6.23. The molecule has 6 heteroatoms. The van der Waals surface area contributed by atoms with Gasteiger partial charge in [-0.25, -0.2) is 4.98 Å². The van der Waals surface area contributed by atoms with Crippen LogP contribution in [-0.2, 0) is 0 Å². The van der Waals surface area contributed by atoms with Crippen molar-refractivity contribution in [2.24, 2.45) is 0 Å². The Morgan fingerprint density at radius 1 is 1.33 bits per heavy atom. The lowest BCUT2D eigenvalue weighted by Crippen LogP contribution is -2.13. The van der Waals surface area contributed by atoms with Gasteiger partial charge in [0.2, 0.25) is 5.95 Å². The van der Waals surface area contributed by atoms with Gasteiger partial charge in [-0.1, -0.05) is 17.7 Å². The van der Waals surface area contributed by atoms with Gasteiger partial charge in [0.25, 0.3) is 5.91 Å².